The van der Waals surface area contributed by atoms with Crippen LogP contribution in [0.1, 0.15) is 28.8 Å². The summed E-state index contributed by atoms with van der Waals surface area (Å²) in [5.74, 6) is -0.785. The number of halogens is 1. The van der Waals surface area contributed by atoms with E-state index >= 15 is 0 Å². The summed E-state index contributed by atoms with van der Waals surface area (Å²) in [4.78, 5) is 31.5. The molecule has 4 rings (SSSR count). The first-order valence-corrected chi connectivity index (χ1v) is 10.3. The number of rotatable bonds is 5. The Hall–Kier alpha value is -3.28. The normalized spacial score (nSPS) is 16.4. The van der Waals surface area contributed by atoms with E-state index in [-0.39, 0.29) is 23.5 Å². The van der Waals surface area contributed by atoms with E-state index in [1.165, 1.54) is 24.3 Å². The summed E-state index contributed by atoms with van der Waals surface area (Å²) in [6.45, 7) is 1.52. The lowest BCUT2D eigenvalue weighted by Crippen LogP contribution is -2.45. The maximum atomic E-state index is 13.1. The highest BCUT2D eigenvalue weighted by Crippen LogP contribution is 2.20. The first-order valence-electron chi connectivity index (χ1n) is 10.3. The number of nitrogens with zero attached hydrogens (tertiary/aromatic N) is 2. The molecule has 6 heteroatoms. The fraction of sp³-hybridized carbons (Fsp3) is 0.292. The fourth-order valence-electron chi connectivity index (χ4n) is 3.98. The highest BCUT2D eigenvalue weighted by molar-refractivity contribution is 5.94. The first-order chi connectivity index (χ1) is 14.6. The number of aromatic nitrogens is 1. The lowest BCUT2D eigenvalue weighted by molar-refractivity contribution is -0.126. The van der Waals surface area contributed by atoms with Crippen molar-refractivity contribution in [3.63, 3.8) is 0 Å². The molecule has 1 aliphatic rings. The third-order valence-corrected chi connectivity index (χ3v) is 5.58. The minimum Gasteiger partial charge on any atom is -0.355 e. The zero-order valence-electron chi connectivity index (χ0n) is 16.7. The number of amides is 2. The topological polar surface area (TPSA) is 62.3 Å². The van der Waals surface area contributed by atoms with Crippen molar-refractivity contribution in [1.29, 1.82) is 0 Å². The van der Waals surface area contributed by atoms with Crippen LogP contribution in [0, 0.1) is 11.7 Å². The molecular formula is C24H24FN3O2. The molecule has 0 saturated carbocycles. The van der Waals surface area contributed by atoms with Crippen LogP contribution in [0.5, 0.6) is 0 Å². The second-order valence-corrected chi connectivity index (χ2v) is 7.63. The highest BCUT2D eigenvalue weighted by atomic mass is 19.1. The van der Waals surface area contributed by atoms with Crippen molar-refractivity contribution in [2.45, 2.75) is 19.3 Å². The number of likely N-dealkylation sites (tertiary alicyclic amines) is 1. The van der Waals surface area contributed by atoms with Gasteiger partial charge in [-0.3, -0.25) is 14.6 Å². The quantitative estimate of drug-likeness (QED) is 0.706. The molecule has 0 bridgehead atoms. The molecule has 1 aliphatic heterocycles. The number of hydrogen-bond donors (Lipinski definition) is 1. The molecule has 1 aromatic heterocycles. The molecule has 1 N–H and O–H groups in total. The van der Waals surface area contributed by atoms with Gasteiger partial charge in [-0.1, -0.05) is 24.3 Å². The molecule has 2 heterocycles. The zero-order chi connectivity index (χ0) is 20.9. The number of nitrogens with one attached hydrogen (secondary N) is 1. The lowest BCUT2D eigenvalue weighted by atomic mass is 9.96. The number of piperidine rings is 1. The summed E-state index contributed by atoms with van der Waals surface area (Å²) in [6.07, 6.45) is 4.01. The molecule has 0 radical (unpaired) electrons. The SMILES string of the molecule is O=C(NCCc1cccc2cccnc12)C1CCCN(C(=O)c2ccc(F)cc2)C1. The van der Waals surface area contributed by atoms with Gasteiger partial charge in [0, 0.05) is 36.8 Å². The molecule has 0 aliphatic carbocycles. The molecule has 1 saturated heterocycles. The van der Waals surface area contributed by atoms with Crippen LogP contribution in [0.4, 0.5) is 4.39 Å². The molecule has 1 atom stereocenters. The Morgan fingerprint density at radius 2 is 1.90 bits per heavy atom. The maximum Gasteiger partial charge on any atom is 0.253 e. The Balaban J connectivity index is 1.33. The molecule has 1 unspecified atom stereocenters. The minimum absolute atomic E-state index is 0.0280. The van der Waals surface area contributed by atoms with Crippen LogP contribution in [0.2, 0.25) is 0 Å². The van der Waals surface area contributed by atoms with Crippen LogP contribution in [0.25, 0.3) is 10.9 Å². The number of para-hydroxylation sites is 1. The van der Waals surface area contributed by atoms with E-state index in [9.17, 15) is 14.0 Å². The number of fused-ring (bicyclic) bond motifs is 1. The van der Waals surface area contributed by atoms with Crippen molar-refractivity contribution in [3.8, 4) is 0 Å². The van der Waals surface area contributed by atoms with E-state index in [0.717, 1.165) is 29.3 Å². The summed E-state index contributed by atoms with van der Waals surface area (Å²) in [5, 5.41) is 4.10. The molecular weight excluding hydrogens is 381 g/mol. The van der Waals surface area contributed by atoms with Crippen LogP contribution in [0.3, 0.4) is 0 Å². The average molecular weight is 405 g/mol. The van der Waals surface area contributed by atoms with E-state index in [1.807, 2.05) is 30.3 Å². The summed E-state index contributed by atoms with van der Waals surface area (Å²) in [6, 6.07) is 15.5. The van der Waals surface area contributed by atoms with E-state index in [0.29, 0.717) is 31.6 Å². The van der Waals surface area contributed by atoms with Gasteiger partial charge in [-0.25, -0.2) is 4.39 Å². The standard InChI is InChI=1S/C24H24FN3O2/c25-21-10-8-19(9-11-21)24(30)28-15-3-7-20(16-28)23(29)27-14-12-18-5-1-4-17-6-2-13-26-22(17)18/h1-2,4-6,8-11,13,20H,3,7,12,14-16H2,(H,27,29). The second-order valence-electron chi connectivity index (χ2n) is 7.63. The van der Waals surface area contributed by atoms with Gasteiger partial charge in [0.25, 0.3) is 5.91 Å². The van der Waals surface area contributed by atoms with Crippen molar-refractivity contribution in [2.75, 3.05) is 19.6 Å². The average Bonchev–Trinajstić information content (AvgIpc) is 2.79. The fourth-order valence-corrected chi connectivity index (χ4v) is 3.98. The van der Waals surface area contributed by atoms with Gasteiger partial charge in [0.1, 0.15) is 5.82 Å². The Labute approximate surface area is 174 Å². The third kappa shape index (κ3) is 4.48. The van der Waals surface area contributed by atoms with Crippen LogP contribution < -0.4 is 5.32 Å². The lowest BCUT2D eigenvalue weighted by Gasteiger charge is -2.32. The highest BCUT2D eigenvalue weighted by Gasteiger charge is 2.28. The smallest absolute Gasteiger partial charge is 0.253 e. The van der Waals surface area contributed by atoms with Gasteiger partial charge < -0.3 is 10.2 Å². The summed E-state index contributed by atoms with van der Waals surface area (Å²) < 4.78 is 13.1. The Kier molecular flexibility index (Phi) is 6.02. The predicted molar refractivity (Wildman–Crippen MR) is 113 cm³/mol. The molecule has 5 nitrogen and oxygen atoms in total. The maximum absolute atomic E-state index is 13.1. The van der Waals surface area contributed by atoms with E-state index in [1.54, 1.807) is 11.1 Å². The second kappa shape index (κ2) is 9.03. The van der Waals surface area contributed by atoms with Gasteiger partial charge in [-0.15, -0.1) is 0 Å². The minimum atomic E-state index is -0.371. The summed E-state index contributed by atoms with van der Waals surface area (Å²) in [7, 11) is 0. The van der Waals surface area contributed by atoms with Crippen molar-refractivity contribution in [3.05, 3.63) is 77.7 Å². The molecule has 30 heavy (non-hydrogen) atoms. The molecule has 2 aromatic carbocycles. The molecule has 2 amide bonds. The van der Waals surface area contributed by atoms with Gasteiger partial charge in [0.2, 0.25) is 5.91 Å². The number of carbonyl (C=O) groups is 2. The van der Waals surface area contributed by atoms with Gasteiger partial charge in [-0.05, 0) is 55.2 Å². The van der Waals surface area contributed by atoms with Crippen molar-refractivity contribution in [2.24, 2.45) is 5.92 Å². The number of hydrogen-bond acceptors (Lipinski definition) is 3. The van der Waals surface area contributed by atoms with E-state index in [2.05, 4.69) is 10.3 Å². The summed E-state index contributed by atoms with van der Waals surface area (Å²) >= 11 is 0. The molecule has 1 fully saturated rings. The first kappa shape index (κ1) is 20.0. The Morgan fingerprint density at radius 1 is 1.10 bits per heavy atom. The number of benzene rings is 2. The van der Waals surface area contributed by atoms with E-state index in [4.69, 9.17) is 0 Å². The van der Waals surface area contributed by atoms with Gasteiger partial charge in [0.05, 0.1) is 11.4 Å². The number of pyridine rings is 1. The Morgan fingerprint density at radius 3 is 2.73 bits per heavy atom. The largest absolute Gasteiger partial charge is 0.355 e. The van der Waals surface area contributed by atoms with Crippen LogP contribution in [0.15, 0.2) is 60.8 Å². The zero-order valence-corrected chi connectivity index (χ0v) is 16.7. The molecule has 0 spiro atoms. The van der Waals surface area contributed by atoms with E-state index < -0.39 is 0 Å². The molecule has 154 valence electrons. The molecule has 3 aromatic rings. The van der Waals surface area contributed by atoms with Crippen molar-refractivity contribution >= 4 is 22.7 Å². The van der Waals surface area contributed by atoms with Gasteiger partial charge >= 0.3 is 0 Å². The Bertz CT molecular complexity index is 1050. The predicted octanol–water partition coefficient (Wildman–Crippen LogP) is 3.59. The van der Waals surface area contributed by atoms with Gasteiger partial charge in [0.15, 0.2) is 0 Å². The van der Waals surface area contributed by atoms with Crippen molar-refractivity contribution in [1.82, 2.24) is 15.2 Å². The van der Waals surface area contributed by atoms with Gasteiger partial charge in [-0.2, -0.15) is 0 Å². The third-order valence-electron chi connectivity index (χ3n) is 5.58. The summed E-state index contributed by atoms with van der Waals surface area (Å²) in [5.41, 5.74) is 2.51. The van der Waals surface area contributed by atoms with Crippen LogP contribution in [-0.2, 0) is 11.2 Å². The monoisotopic (exact) mass is 405 g/mol. The number of carbonyl (C=O) groups excluding carboxylic acids is 2. The van der Waals surface area contributed by atoms with Crippen LogP contribution >= 0.6 is 0 Å². The van der Waals surface area contributed by atoms with Crippen LogP contribution in [-0.4, -0.2) is 41.3 Å². The van der Waals surface area contributed by atoms with Crippen molar-refractivity contribution < 1.29 is 14.0 Å².